The smallest absolute Gasteiger partial charge is 0.164 e. The van der Waals surface area contributed by atoms with Gasteiger partial charge in [-0.3, -0.25) is 0 Å². The first kappa shape index (κ1) is 8.80. The van der Waals surface area contributed by atoms with Crippen molar-refractivity contribution in [3.63, 3.8) is 0 Å². The third-order valence-corrected chi connectivity index (χ3v) is 1.66. The summed E-state index contributed by atoms with van der Waals surface area (Å²) in [5, 5.41) is 11.2. The first-order chi connectivity index (χ1) is 5.61. The van der Waals surface area contributed by atoms with Crippen LogP contribution in [0.15, 0.2) is 24.3 Å². The van der Waals surface area contributed by atoms with Crippen LogP contribution in [0.5, 0.6) is 0 Å². The maximum absolute atomic E-state index is 10.3. The predicted octanol–water partition coefficient (Wildman–Crippen LogP) is 1.97. The lowest BCUT2D eigenvalue weighted by atomic mass is 10.3. The molecule has 0 aliphatic rings. The van der Waals surface area contributed by atoms with E-state index in [1.807, 2.05) is 0 Å². The Morgan fingerprint density at radius 3 is 2.75 bits per heavy atom. The van der Waals surface area contributed by atoms with Crippen molar-refractivity contribution in [2.75, 3.05) is 12.1 Å². The molecule has 0 bridgehead atoms. The Hall–Kier alpha value is -1.29. The number of nitrogens with zero attached hydrogens (tertiary/aromatic N) is 2. The van der Waals surface area contributed by atoms with Crippen molar-refractivity contribution in [3.8, 4) is 0 Å². The highest BCUT2D eigenvalue weighted by molar-refractivity contribution is 6.30. The molecule has 1 rings (SSSR count). The van der Waals surface area contributed by atoms with Gasteiger partial charge in [-0.2, -0.15) is 0 Å². The van der Waals surface area contributed by atoms with Crippen molar-refractivity contribution >= 4 is 17.3 Å². The van der Waals surface area contributed by atoms with Crippen molar-refractivity contribution in [1.82, 2.24) is 0 Å². The molecule has 1 aromatic carbocycles. The Balaban J connectivity index is 2.95. The van der Waals surface area contributed by atoms with Crippen LogP contribution in [0.25, 0.3) is 0 Å². The molecule has 0 amide bonds. The molecular weight excluding hydrogens is 180 g/mol. The van der Waals surface area contributed by atoms with E-state index >= 15 is 0 Å². The molecule has 0 saturated carbocycles. The van der Waals surface area contributed by atoms with E-state index < -0.39 is 5.03 Å². The molecule has 0 atom stereocenters. The fraction of sp³-hybridized carbons (Fsp3) is 0.143. The molecule has 5 heteroatoms. The summed E-state index contributed by atoms with van der Waals surface area (Å²) in [5.74, 6) is 0. The lowest BCUT2D eigenvalue weighted by molar-refractivity contribution is -0.490. The monoisotopic (exact) mass is 186 g/mol. The van der Waals surface area contributed by atoms with Gasteiger partial charge in [-0.1, -0.05) is 22.7 Å². The second-order valence-corrected chi connectivity index (χ2v) is 2.68. The number of hydrogen-bond acceptors (Lipinski definition) is 2. The summed E-state index contributed by atoms with van der Waals surface area (Å²) in [6.45, 7) is 0. The Morgan fingerprint density at radius 2 is 2.25 bits per heavy atom. The fourth-order valence-corrected chi connectivity index (χ4v) is 0.956. The summed E-state index contributed by atoms with van der Waals surface area (Å²) >= 11 is 5.64. The van der Waals surface area contributed by atoms with E-state index in [1.165, 1.54) is 13.1 Å². The van der Waals surface area contributed by atoms with Crippen LogP contribution in [0.1, 0.15) is 0 Å². The average Bonchev–Trinajstić information content (AvgIpc) is 2.03. The largest absolute Gasteiger partial charge is 0.234 e. The quantitative estimate of drug-likeness (QED) is 0.524. The van der Waals surface area contributed by atoms with E-state index in [0.717, 1.165) is 5.01 Å². The molecule has 1 aromatic rings. The second kappa shape index (κ2) is 3.40. The van der Waals surface area contributed by atoms with E-state index in [2.05, 4.69) is 0 Å². The molecule has 0 aliphatic carbocycles. The highest BCUT2D eigenvalue weighted by atomic mass is 35.5. The van der Waals surface area contributed by atoms with Gasteiger partial charge < -0.3 is 0 Å². The SMILES string of the molecule is CN(c1cccc(Cl)c1)[N+](=O)[O-]. The fourth-order valence-electron chi connectivity index (χ4n) is 0.772. The normalized spacial score (nSPS) is 9.50. The summed E-state index contributed by atoms with van der Waals surface area (Å²) in [4.78, 5) is 10.3. The van der Waals surface area contributed by atoms with Crippen LogP contribution in [0.3, 0.4) is 0 Å². The van der Waals surface area contributed by atoms with Gasteiger partial charge in [0.05, 0.1) is 7.05 Å². The van der Waals surface area contributed by atoms with E-state index in [0.29, 0.717) is 10.7 Å². The Bertz CT molecular complexity index is 303. The molecule has 0 aromatic heterocycles. The molecule has 0 unspecified atom stereocenters. The lowest BCUT2D eigenvalue weighted by Crippen LogP contribution is -2.24. The molecular formula is C7H7ClN2O2. The zero-order chi connectivity index (χ0) is 9.14. The van der Waals surface area contributed by atoms with Crippen LogP contribution in [-0.2, 0) is 0 Å². The van der Waals surface area contributed by atoms with Crippen LogP contribution in [0.2, 0.25) is 5.02 Å². The third-order valence-electron chi connectivity index (χ3n) is 1.43. The maximum Gasteiger partial charge on any atom is 0.164 e. The third kappa shape index (κ3) is 1.85. The molecule has 0 spiro atoms. The Morgan fingerprint density at radius 1 is 1.58 bits per heavy atom. The summed E-state index contributed by atoms with van der Waals surface area (Å²) in [6, 6.07) is 6.48. The molecule has 12 heavy (non-hydrogen) atoms. The molecule has 0 fully saturated rings. The predicted molar refractivity (Wildman–Crippen MR) is 46.8 cm³/mol. The lowest BCUT2D eigenvalue weighted by Gasteiger charge is -2.07. The Labute approximate surface area is 74.5 Å². The van der Waals surface area contributed by atoms with Crippen molar-refractivity contribution in [3.05, 3.63) is 39.4 Å². The average molecular weight is 187 g/mol. The van der Waals surface area contributed by atoms with Gasteiger partial charge in [0.1, 0.15) is 5.69 Å². The van der Waals surface area contributed by atoms with Gasteiger partial charge in [0.2, 0.25) is 0 Å². The van der Waals surface area contributed by atoms with Crippen LogP contribution >= 0.6 is 11.6 Å². The van der Waals surface area contributed by atoms with Crippen molar-refractivity contribution in [2.24, 2.45) is 0 Å². The number of anilines is 1. The summed E-state index contributed by atoms with van der Waals surface area (Å²) in [7, 11) is 1.37. The minimum atomic E-state index is -0.508. The standard InChI is InChI=1S/C7H7ClN2O2/c1-9(10(11)12)7-4-2-3-6(8)5-7/h2-5H,1H3. The van der Waals surface area contributed by atoms with Gasteiger partial charge in [0.15, 0.2) is 5.03 Å². The van der Waals surface area contributed by atoms with E-state index in [-0.39, 0.29) is 0 Å². The first-order valence-electron chi connectivity index (χ1n) is 3.25. The van der Waals surface area contributed by atoms with Crippen LogP contribution in [0, 0.1) is 10.1 Å². The molecule has 0 radical (unpaired) electrons. The van der Waals surface area contributed by atoms with Crippen molar-refractivity contribution in [1.29, 1.82) is 0 Å². The molecule has 0 heterocycles. The van der Waals surface area contributed by atoms with Gasteiger partial charge >= 0.3 is 0 Å². The summed E-state index contributed by atoms with van der Waals surface area (Å²) < 4.78 is 0. The highest BCUT2D eigenvalue weighted by Gasteiger charge is 2.09. The highest BCUT2D eigenvalue weighted by Crippen LogP contribution is 2.17. The van der Waals surface area contributed by atoms with Gasteiger partial charge in [-0.25, -0.2) is 10.1 Å². The van der Waals surface area contributed by atoms with Gasteiger partial charge in [0, 0.05) is 5.02 Å². The molecule has 64 valence electrons. The zero-order valence-electron chi connectivity index (χ0n) is 6.40. The topological polar surface area (TPSA) is 46.4 Å². The molecule has 0 aliphatic heterocycles. The van der Waals surface area contributed by atoms with Gasteiger partial charge in [-0.05, 0) is 18.2 Å². The minimum Gasteiger partial charge on any atom is -0.234 e. The Kier molecular flexibility index (Phi) is 2.50. The zero-order valence-corrected chi connectivity index (χ0v) is 7.15. The first-order valence-corrected chi connectivity index (χ1v) is 3.62. The van der Waals surface area contributed by atoms with Crippen LogP contribution in [-0.4, -0.2) is 12.1 Å². The van der Waals surface area contributed by atoms with Gasteiger partial charge in [0.25, 0.3) is 0 Å². The maximum atomic E-state index is 10.3. The summed E-state index contributed by atoms with van der Waals surface area (Å²) in [6.07, 6.45) is 0. The second-order valence-electron chi connectivity index (χ2n) is 2.24. The number of halogens is 1. The number of rotatable bonds is 2. The number of hydrazine groups is 1. The number of hydrogen-bond donors (Lipinski definition) is 0. The summed E-state index contributed by atoms with van der Waals surface area (Å²) in [5.41, 5.74) is 0.465. The van der Waals surface area contributed by atoms with Gasteiger partial charge in [-0.15, -0.1) is 0 Å². The molecule has 0 N–H and O–H groups in total. The van der Waals surface area contributed by atoms with E-state index in [4.69, 9.17) is 11.6 Å². The molecule has 4 nitrogen and oxygen atoms in total. The van der Waals surface area contributed by atoms with Crippen molar-refractivity contribution < 1.29 is 5.03 Å². The number of benzene rings is 1. The number of nitro groups is 1. The molecule has 0 saturated heterocycles. The van der Waals surface area contributed by atoms with Crippen LogP contribution in [0.4, 0.5) is 5.69 Å². The van der Waals surface area contributed by atoms with Crippen molar-refractivity contribution in [2.45, 2.75) is 0 Å². The van der Waals surface area contributed by atoms with E-state index in [9.17, 15) is 10.1 Å². The minimum absolute atomic E-state index is 0.465. The van der Waals surface area contributed by atoms with Crippen LogP contribution < -0.4 is 5.01 Å². The van der Waals surface area contributed by atoms with E-state index in [1.54, 1.807) is 18.2 Å².